The fourth-order valence-electron chi connectivity index (χ4n) is 3.61. The van der Waals surface area contributed by atoms with E-state index < -0.39 is 5.97 Å². The van der Waals surface area contributed by atoms with Gasteiger partial charge < -0.3 is 10.4 Å². The number of aromatic carboxylic acids is 1. The fourth-order valence-corrected chi connectivity index (χ4v) is 3.93. The highest BCUT2D eigenvalue weighted by Crippen LogP contribution is 2.32. The highest BCUT2D eigenvalue weighted by atomic mass is 35.5. The van der Waals surface area contributed by atoms with Crippen LogP contribution in [-0.4, -0.2) is 21.2 Å². The summed E-state index contributed by atoms with van der Waals surface area (Å²) in [5, 5.41) is 13.1. The monoisotopic (exact) mass is 438 g/mol. The number of carboxylic acids is 1. The Labute approximate surface area is 184 Å². The molecular formula is C22H19ClN4O2S. The number of nitrogens with zero attached hydrogens (tertiary/aromatic N) is 1. The van der Waals surface area contributed by atoms with Crippen LogP contribution in [0.4, 0.5) is 5.82 Å². The Morgan fingerprint density at radius 1 is 1.00 bits per heavy atom. The zero-order valence-corrected chi connectivity index (χ0v) is 17.4. The van der Waals surface area contributed by atoms with Crippen molar-refractivity contribution in [2.75, 3.05) is 5.43 Å². The van der Waals surface area contributed by atoms with E-state index in [1.54, 1.807) is 0 Å². The summed E-state index contributed by atoms with van der Waals surface area (Å²) in [6, 6.07) is 19.4. The first-order valence-corrected chi connectivity index (χ1v) is 10.2. The molecule has 0 fully saturated rings. The lowest BCUT2D eigenvalue weighted by Crippen LogP contribution is -2.41. The Morgan fingerprint density at radius 3 is 2.20 bits per heavy atom. The van der Waals surface area contributed by atoms with Crippen LogP contribution in [0.3, 0.4) is 0 Å². The molecule has 4 N–H and O–H groups in total. The van der Waals surface area contributed by atoms with Crippen LogP contribution in [0.1, 0.15) is 38.8 Å². The lowest BCUT2D eigenvalue weighted by molar-refractivity contribution is 0.0690. The second-order valence-electron chi connectivity index (χ2n) is 6.89. The third kappa shape index (κ3) is 4.22. The maximum Gasteiger partial charge on any atom is 0.354 e. The largest absolute Gasteiger partial charge is 0.477 e. The minimum absolute atomic E-state index is 0.115. The molecule has 1 aliphatic rings. The number of aryl methyl sites for hydroxylation is 2. The molecule has 30 heavy (non-hydrogen) atoms. The van der Waals surface area contributed by atoms with Crippen molar-refractivity contribution in [3.8, 4) is 0 Å². The maximum atomic E-state index is 11.1. The second kappa shape index (κ2) is 8.69. The Bertz CT molecular complexity index is 1070. The Balaban J connectivity index is 1.55. The summed E-state index contributed by atoms with van der Waals surface area (Å²) in [6.45, 7) is 0. The molecule has 0 radical (unpaired) electrons. The number of benzene rings is 2. The minimum Gasteiger partial charge on any atom is -0.477 e. The quantitative estimate of drug-likeness (QED) is 0.360. The van der Waals surface area contributed by atoms with Crippen LogP contribution in [0.5, 0.6) is 0 Å². The molecule has 6 nitrogen and oxygen atoms in total. The van der Waals surface area contributed by atoms with Crippen LogP contribution >= 0.6 is 23.8 Å². The number of carboxylic acid groups (broad SMARTS) is 1. The van der Waals surface area contributed by atoms with Gasteiger partial charge in [-0.15, -0.1) is 0 Å². The van der Waals surface area contributed by atoms with Crippen molar-refractivity contribution in [2.45, 2.75) is 18.9 Å². The predicted molar refractivity (Wildman–Crippen MR) is 121 cm³/mol. The van der Waals surface area contributed by atoms with Crippen molar-refractivity contribution in [3.63, 3.8) is 0 Å². The molecule has 0 saturated heterocycles. The number of hydrazine groups is 1. The van der Waals surface area contributed by atoms with Gasteiger partial charge in [0, 0.05) is 0 Å². The minimum atomic E-state index is -1.14. The van der Waals surface area contributed by atoms with Crippen molar-refractivity contribution >= 4 is 40.7 Å². The van der Waals surface area contributed by atoms with Gasteiger partial charge in [0.1, 0.15) is 0 Å². The molecule has 4 rings (SSSR count). The first kappa shape index (κ1) is 20.1. The molecule has 0 bridgehead atoms. The molecule has 3 aromatic rings. The normalized spacial score (nSPS) is 12.8. The molecule has 0 amide bonds. The van der Waals surface area contributed by atoms with Gasteiger partial charge in [0.15, 0.2) is 16.6 Å². The lowest BCUT2D eigenvalue weighted by Gasteiger charge is -2.24. The molecule has 8 heteroatoms. The van der Waals surface area contributed by atoms with Gasteiger partial charge in [-0.25, -0.2) is 9.78 Å². The molecular weight excluding hydrogens is 420 g/mol. The van der Waals surface area contributed by atoms with Crippen molar-refractivity contribution < 1.29 is 9.90 Å². The third-order valence-corrected chi connectivity index (χ3v) is 5.56. The zero-order valence-electron chi connectivity index (χ0n) is 15.9. The summed E-state index contributed by atoms with van der Waals surface area (Å²) in [4.78, 5) is 15.1. The number of halogens is 1. The number of hydrogen-bond acceptors (Lipinski definition) is 4. The van der Waals surface area contributed by atoms with E-state index in [1.165, 1.54) is 34.4 Å². The molecule has 0 saturated carbocycles. The van der Waals surface area contributed by atoms with Gasteiger partial charge in [0.25, 0.3) is 0 Å². The number of carbonyl (C=O) groups is 1. The Kier molecular flexibility index (Phi) is 5.83. The number of pyridine rings is 1. The van der Waals surface area contributed by atoms with E-state index in [0.29, 0.717) is 5.11 Å². The van der Waals surface area contributed by atoms with E-state index in [-0.39, 0.29) is 22.6 Å². The van der Waals surface area contributed by atoms with Gasteiger partial charge in [-0.3, -0.25) is 10.9 Å². The van der Waals surface area contributed by atoms with Crippen LogP contribution in [-0.2, 0) is 12.8 Å². The Hall–Kier alpha value is -3.16. The van der Waals surface area contributed by atoms with Crippen LogP contribution in [0.25, 0.3) is 0 Å². The topological polar surface area (TPSA) is 86.3 Å². The summed E-state index contributed by atoms with van der Waals surface area (Å²) in [5.74, 6) is -0.954. The first-order chi connectivity index (χ1) is 14.5. The molecule has 1 aromatic heterocycles. The van der Waals surface area contributed by atoms with Gasteiger partial charge in [0.05, 0.1) is 11.1 Å². The van der Waals surface area contributed by atoms with Crippen molar-refractivity contribution in [1.29, 1.82) is 0 Å². The summed E-state index contributed by atoms with van der Waals surface area (Å²) in [5.41, 5.74) is 10.5. The summed E-state index contributed by atoms with van der Waals surface area (Å²) < 4.78 is 0. The fraction of sp³-hybridized carbons (Fsp3) is 0.136. The van der Waals surface area contributed by atoms with Gasteiger partial charge >= 0.3 is 5.97 Å². The van der Waals surface area contributed by atoms with Crippen LogP contribution in [0.2, 0.25) is 5.02 Å². The Morgan fingerprint density at radius 2 is 1.60 bits per heavy atom. The molecule has 0 spiro atoms. The van der Waals surface area contributed by atoms with Gasteiger partial charge in [-0.1, -0.05) is 60.1 Å². The molecule has 2 aromatic carbocycles. The lowest BCUT2D eigenvalue weighted by atomic mass is 9.95. The highest BCUT2D eigenvalue weighted by Gasteiger charge is 2.23. The van der Waals surface area contributed by atoms with E-state index >= 15 is 0 Å². The smallest absolute Gasteiger partial charge is 0.354 e. The molecule has 0 aliphatic heterocycles. The number of fused-ring (bicyclic) bond motifs is 2. The van der Waals surface area contributed by atoms with Crippen molar-refractivity contribution in [2.24, 2.45) is 0 Å². The average molecular weight is 439 g/mol. The van der Waals surface area contributed by atoms with E-state index in [2.05, 4.69) is 45.4 Å². The average Bonchev–Trinajstić information content (AvgIpc) is 2.90. The number of thiocarbonyl (C=S) groups is 1. The number of nitrogens with one attached hydrogen (secondary N) is 3. The second-order valence-corrected chi connectivity index (χ2v) is 7.70. The maximum absolute atomic E-state index is 11.1. The van der Waals surface area contributed by atoms with E-state index in [9.17, 15) is 4.79 Å². The van der Waals surface area contributed by atoms with Gasteiger partial charge in [-0.2, -0.15) is 0 Å². The number of aromatic nitrogens is 1. The molecule has 152 valence electrons. The molecule has 1 aliphatic carbocycles. The van der Waals surface area contributed by atoms with Gasteiger partial charge in [-0.05, 0) is 59.4 Å². The molecule has 1 heterocycles. The van der Waals surface area contributed by atoms with E-state index in [0.717, 1.165) is 12.8 Å². The number of hydrogen-bond donors (Lipinski definition) is 4. The van der Waals surface area contributed by atoms with E-state index in [1.807, 2.05) is 24.3 Å². The summed E-state index contributed by atoms with van der Waals surface area (Å²) >= 11 is 11.6. The van der Waals surface area contributed by atoms with Gasteiger partial charge in [0.2, 0.25) is 0 Å². The first-order valence-electron chi connectivity index (χ1n) is 9.41. The summed E-state index contributed by atoms with van der Waals surface area (Å²) in [6.07, 6.45) is 1.93. The standard InChI is InChI=1S/C22H19ClN4O2S/c23-17-11-12-18(21(28)29)24-20(17)26-27-22(30)25-19-15-7-3-1-5-13(15)9-10-14-6-2-4-8-16(14)19/h1-8,11-12,19H,9-10H2,(H,24,26)(H,28,29)(H2,25,27,30). The highest BCUT2D eigenvalue weighted by molar-refractivity contribution is 7.80. The van der Waals surface area contributed by atoms with Crippen LogP contribution in [0, 0.1) is 0 Å². The third-order valence-electron chi connectivity index (χ3n) is 5.03. The molecule has 0 atom stereocenters. The number of anilines is 1. The van der Waals surface area contributed by atoms with Crippen LogP contribution in [0.15, 0.2) is 60.7 Å². The SMILES string of the molecule is O=C(O)c1ccc(Cl)c(NNC(=S)NC2c3ccccc3CCc3ccccc32)n1. The summed E-state index contributed by atoms with van der Waals surface area (Å²) in [7, 11) is 0. The van der Waals surface area contributed by atoms with Crippen LogP contribution < -0.4 is 16.2 Å². The number of rotatable bonds is 4. The zero-order chi connectivity index (χ0) is 21.1. The molecule has 0 unspecified atom stereocenters. The predicted octanol–water partition coefficient (Wildman–Crippen LogP) is 4.11. The van der Waals surface area contributed by atoms with E-state index in [4.69, 9.17) is 28.9 Å². The van der Waals surface area contributed by atoms with Crippen molar-refractivity contribution in [1.82, 2.24) is 15.7 Å². The van der Waals surface area contributed by atoms with Crippen molar-refractivity contribution in [3.05, 3.63) is 93.6 Å².